The lowest BCUT2D eigenvalue weighted by molar-refractivity contribution is 0.185. The molecular weight excluding hydrogens is 174 g/mol. The van der Waals surface area contributed by atoms with E-state index in [1.165, 1.54) is 12.4 Å². The lowest BCUT2D eigenvalue weighted by Gasteiger charge is -2.05. The van der Waals surface area contributed by atoms with Gasteiger partial charge in [0, 0.05) is 6.20 Å². The zero-order chi connectivity index (χ0) is 9.42. The van der Waals surface area contributed by atoms with E-state index in [1.807, 2.05) is 0 Å². The summed E-state index contributed by atoms with van der Waals surface area (Å²) in [7, 11) is 0. The van der Waals surface area contributed by atoms with Crippen molar-refractivity contribution in [1.82, 2.24) is 19.7 Å². The van der Waals surface area contributed by atoms with Gasteiger partial charge in [0.15, 0.2) is 5.69 Å². The number of nitrogens with zero attached hydrogens (tertiary/aromatic N) is 4. The van der Waals surface area contributed by atoms with Crippen molar-refractivity contribution in [3.8, 4) is 11.5 Å². The molecule has 0 atom stereocenters. The first-order valence-corrected chi connectivity index (χ1v) is 3.38. The Labute approximate surface area is 71.8 Å². The van der Waals surface area contributed by atoms with E-state index in [2.05, 4.69) is 15.0 Å². The summed E-state index contributed by atoms with van der Waals surface area (Å²) < 4.78 is 0.668. The van der Waals surface area contributed by atoms with E-state index in [1.54, 1.807) is 0 Å². The fourth-order valence-corrected chi connectivity index (χ4v) is 0.953. The van der Waals surface area contributed by atoms with E-state index in [0.29, 0.717) is 4.73 Å². The second-order valence-corrected chi connectivity index (χ2v) is 2.33. The lowest BCUT2D eigenvalue weighted by atomic mass is 10.4. The molecule has 0 aliphatic carbocycles. The van der Waals surface area contributed by atoms with Crippen molar-refractivity contribution in [3.63, 3.8) is 0 Å². The standard InChI is InChI=1S/C6H5N5O2/c7-6-9-4-3(5(12)10-6)8-1-2-11(4)13/h1-2,13H,(H2,7,10,12). The summed E-state index contributed by atoms with van der Waals surface area (Å²) in [4.78, 5) is 21.9. The summed E-state index contributed by atoms with van der Waals surface area (Å²) in [5.74, 6) is -0.187. The Morgan fingerprint density at radius 2 is 2.23 bits per heavy atom. The van der Waals surface area contributed by atoms with Gasteiger partial charge in [0.05, 0.1) is 6.20 Å². The molecule has 0 amide bonds. The van der Waals surface area contributed by atoms with Crippen molar-refractivity contribution in [1.29, 1.82) is 0 Å². The van der Waals surface area contributed by atoms with Crippen molar-refractivity contribution >= 4 is 5.95 Å². The number of hydrogen-bond acceptors (Lipinski definition) is 6. The van der Waals surface area contributed by atoms with Crippen LogP contribution in [0.25, 0.3) is 11.5 Å². The van der Waals surface area contributed by atoms with Crippen molar-refractivity contribution < 1.29 is 5.21 Å². The van der Waals surface area contributed by atoms with E-state index >= 15 is 0 Å². The Morgan fingerprint density at radius 1 is 1.46 bits per heavy atom. The highest BCUT2D eigenvalue weighted by Gasteiger charge is 2.14. The van der Waals surface area contributed by atoms with Crippen LogP contribution >= 0.6 is 0 Å². The molecule has 13 heavy (non-hydrogen) atoms. The van der Waals surface area contributed by atoms with Crippen molar-refractivity contribution in [3.05, 3.63) is 22.7 Å². The lowest BCUT2D eigenvalue weighted by Crippen LogP contribution is -2.19. The van der Waals surface area contributed by atoms with Gasteiger partial charge < -0.3 is 10.9 Å². The van der Waals surface area contributed by atoms with Crippen molar-refractivity contribution in [2.24, 2.45) is 0 Å². The highest BCUT2D eigenvalue weighted by molar-refractivity contribution is 5.50. The van der Waals surface area contributed by atoms with Crippen LogP contribution in [0.2, 0.25) is 0 Å². The third-order valence-corrected chi connectivity index (χ3v) is 1.48. The molecule has 0 fully saturated rings. The zero-order valence-corrected chi connectivity index (χ0v) is 6.38. The molecule has 7 nitrogen and oxygen atoms in total. The summed E-state index contributed by atoms with van der Waals surface area (Å²) in [6.07, 6.45) is 2.51. The zero-order valence-electron chi connectivity index (χ0n) is 6.38. The fraction of sp³-hybridized carbons (Fsp3) is 0. The minimum absolute atomic E-state index is 0.000000000000000444. The maximum Gasteiger partial charge on any atom is 0.302 e. The van der Waals surface area contributed by atoms with Crippen molar-refractivity contribution in [2.45, 2.75) is 0 Å². The molecule has 3 N–H and O–H groups in total. The van der Waals surface area contributed by atoms with E-state index in [9.17, 15) is 10.0 Å². The highest BCUT2D eigenvalue weighted by atomic mass is 16.5. The minimum Gasteiger partial charge on any atom is -0.427 e. The molecule has 2 heterocycles. The monoisotopic (exact) mass is 179 g/mol. The SMILES string of the molecule is Nc1nc2n(O)ccnc-2c(=O)n1. The maximum absolute atomic E-state index is 11.1. The van der Waals surface area contributed by atoms with Gasteiger partial charge in [-0.3, -0.25) is 4.79 Å². The van der Waals surface area contributed by atoms with Crippen LogP contribution in [0.5, 0.6) is 0 Å². The topological polar surface area (TPSA) is 107 Å². The molecule has 0 aromatic rings. The molecule has 0 spiro atoms. The highest BCUT2D eigenvalue weighted by Crippen LogP contribution is 2.09. The molecule has 0 radical (unpaired) electrons. The Balaban J connectivity index is 2.92. The first kappa shape index (κ1) is 7.47. The number of hydrogen-bond donors (Lipinski definition) is 2. The summed E-state index contributed by atoms with van der Waals surface area (Å²) in [5, 5.41) is 9.21. The molecular formula is C6H5N5O2. The molecule has 2 rings (SSSR count). The number of fused-ring (bicyclic) bond motifs is 1. The predicted molar refractivity (Wildman–Crippen MR) is 42.3 cm³/mol. The smallest absolute Gasteiger partial charge is 0.302 e. The van der Waals surface area contributed by atoms with Crippen LogP contribution in [0.4, 0.5) is 5.95 Å². The quantitative estimate of drug-likeness (QED) is 0.500. The van der Waals surface area contributed by atoms with Crippen LogP contribution in [0.3, 0.4) is 0 Å². The second kappa shape index (κ2) is 2.41. The van der Waals surface area contributed by atoms with Crippen LogP contribution < -0.4 is 11.3 Å². The Kier molecular flexibility index (Phi) is 1.38. The van der Waals surface area contributed by atoms with Crippen LogP contribution in [-0.4, -0.2) is 24.9 Å². The Morgan fingerprint density at radius 3 is 3.00 bits per heavy atom. The summed E-state index contributed by atoms with van der Waals surface area (Å²) in [6, 6.07) is 0. The summed E-state index contributed by atoms with van der Waals surface area (Å²) in [5.41, 5.74) is 4.60. The number of nitrogens with two attached hydrogens (primary N) is 1. The molecule has 7 heteroatoms. The molecule has 2 aliphatic heterocycles. The van der Waals surface area contributed by atoms with Gasteiger partial charge in [0.2, 0.25) is 11.8 Å². The fourth-order valence-electron chi connectivity index (χ4n) is 0.953. The first-order valence-electron chi connectivity index (χ1n) is 3.38. The average Bonchev–Trinajstić information content (AvgIpc) is 2.07. The van der Waals surface area contributed by atoms with Gasteiger partial charge in [0.25, 0.3) is 0 Å². The van der Waals surface area contributed by atoms with Gasteiger partial charge in [0.1, 0.15) is 0 Å². The predicted octanol–water partition coefficient (Wildman–Crippen LogP) is -1.04. The molecule has 0 bridgehead atoms. The average molecular weight is 179 g/mol. The van der Waals surface area contributed by atoms with Crippen LogP contribution in [0, 0.1) is 0 Å². The summed E-state index contributed by atoms with van der Waals surface area (Å²) in [6.45, 7) is 0. The molecule has 0 saturated carbocycles. The molecule has 0 aromatic heterocycles. The van der Waals surface area contributed by atoms with Crippen molar-refractivity contribution in [2.75, 3.05) is 5.73 Å². The third-order valence-electron chi connectivity index (χ3n) is 1.48. The van der Waals surface area contributed by atoms with Gasteiger partial charge >= 0.3 is 5.56 Å². The third kappa shape index (κ3) is 1.06. The van der Waals surface area contributed by atoms with E-state index in [-0.39, 0.29) is 17.5 Å². The van der Waals surface area contributed by atoms with Crippen LogP contribution in [0.15, 0.2) is 17.2 Å². The normalized spacial score (nSPS) is 10.5. The van der Waals surface area contributed by atoms with Crippen LogP contribution in [-0.2, 0) is 0 Å². The second-order valence-electron chi connectivity index (χ2n) is 2.33. The number of aromatic nitrogens is 4. The Hall–Kier alpha value is -2.18. The van der Waals surface area contributed by atoms with E-state index < -0.39 is 5.56 Å². The molecule has 0 unspecified atom stereocenters. The molecule has 0 aromatic carbocycles. The number of nitrogen functional groups attached to an aromatic ring is 1. The molecule has 66 valence electrons. The minimum atomic E-state index is -0.606. The van der Waals surface area contributed by atoms with Gasteiger partial charge in [-0.25, -0.2) is 4.98 Å². The van der Waals surface area contributed by atoms with Gasteiger partial charge in [-0.05, 0) is 0 Å². The largest absolute Gasteiger partial charge is 0.427 e. The van der Waals surface area contributed by atoms with Gasteiger partial charge in [-0.15, -0.1) is 0 Å². The molecule has 2 aliphatic rings. The number of rotatable bonds is 0. The van der Waals surface area contributed by atoms with Crippen LogP contribution in [0.1, 0.15) is 0 Å². The van der Waals surface area contributed by atoms with Gasteiger partial charge in [-0.2, -0.15) is 14.7 Å². The van der Waals surface area contributed by atoms with E-state index in [4.69, 9.17) is 5.73 Å². The maximum atomic E-state index is 11.1. The number of anilines is 1. The molecule has 0 saturated heterocycles. The summed E-state index contributed by atoms with van der Waals surface area (Å²) >= 11 is 0. The van der Waals surface area contributed by atoms with E-state index in [0.717, 1.165) is 0 Å². The van der Waals surface area contributed by atoms with Gasteiger partial charge in [-0.1, -0.05) is 0 Å². The Bertz CT molecular complexity index is 479. The first-order chi connectivity index (χ1) is 6.18.